The summed E-state index contributed by atoms with van der Waals surface area (Å²) in [5, 5.41) is 0. The van der Waals surface area contributed by atoms with Crippen molar-refractivity contribution in [2.45, 2.75) is 18.6 Å². The number of benzene rings is 1. The maximum absolute atomic E-state index is 13.1. The van der Waals surface area contributed by atoms with Gasteiger partial charge in [0.15, 0.2) is 0 Å². The molecule has 0 heterocycles. The molecule has 0 aliphatic rings. The van der Waals surface area contributed by atoms with Gasteiger partial charge in [-0.05, 0) is 0 Å². The Morgan fingerprint density at radius 2 is 1.57 bits per heavy atom. The van der Waals surface area contributed by atoms with Gasteiger partial charge >= 0.3 is 85.6 Å². The van der Waals surface area contributed by atoms with Crippen LogP contribution in [0.5, 0.6) is 0 Å². The summed E-state index contributed by atoms with van der Waals surface area (Å²) in [6, 6.07) is 0.758. The Kier molecular flexibility index (Phi) is 3.59. The van der Waals surface area contributed by atoms with Gasteiger partial charge in [0.1, 0.15) is 0 Å². The molecule has 0 aliphatic heterocycles. The summed E-state index contributed by atoms with van der Waals surface area (Å²) in [4.78, 5) is 0. The predicted molar refractivity (Wildman–Crippen MR) is 48.2 cm³/mol. The van der Waals surface area contributed by atoms with Crippen molar-refractivity contribution in [3.63, 3.8) is 0 Å². The van der Waals surface area contributed by atoms with E-state index in [-0.39, 0.29) is 9.06 Å². The Morgan fingerprint density at radius 1 is 1.00 bits per heavy atom. The number of hydrogen-bond donors (Lipinski definition) is 0. The fraction of sp³-hybridized carbons (Fsp3) is 0.333. The zero-order valence-electron chi connectivity index (χ0n) is 7.67. The van der Waals surface area contributed by atoms with Crippen LogP contribution in [0.3, 0.4) is 0 Å². The van der Waals surface area contributed by atoms with Gasteiger partial charge in [0.2, 0.25) is 0 Å². The maximum atomic E-state index is 13.1. The van der Waals surface area contributed by atoms with Crippen LogP contribution in [0.15, 0.2) is 6.07 Å². The summed E-state index contributed by atoms with van der Waals surface area (Å²) in [5.41, 5.74) is 0. The van der Waals surface area contributed by atoms with Crippen LogP contribution >= 0.6 is 0 Å². The molecule has 0 aromatic heterocycles. The van der Waals surface area contributed by atoms with Crippen molar-refractivity contribution in [2.75, 3.05) is 0 Å². The summed E-state index contributed by atoms with van der Waals surface area (Å²) >= 11 is -0.959. The monoisotopic (exact) mass is 268 g/mol. The van der Waals surface area contributed by atoms with Crippen LogP contribution in [-0.2, 0) is 0 Å². The molecule has 1 aromatic carbocycles. The molecule has 0 saturated carbocycles. The Bertz CT molecular complexity index is 349. The van der Waals surface area contributed by atoms with Crippen LogP contribution in [0.4, 0.5) is 17.6 Å². The predicted octanol–water partition coefficient (Wildman–Crippen LogP) is 2.13. The molecule has 0 bridgehead atoms. The quantitative estimate of drug-likeness (QED) is 0.333. The van der Waals surface area contributed by atoms with Gasteiger partial charge in [0.05, 0.1) is 0 Å². The van der Waals surface area contributed by atoms with E-state index in [2.05, 4.69) is 0 Å². The summed E-state index contributed by atoms with van der Waals surface area (Å²) in [6.45, 7) is 3.66. The fourth-order valence-corrected chi connectivity index (χ4v) is 3.23. The van der Waals surface area contributed by atoms with E-state index >= 15 is 0 Å². The minimum atomic E-state index is -1.73. The van der Waals surface area contributed by atoms with E-state index in [4.69, 9.17) is 0 Å². The molecule has 0 spiro atoms. The van der Waals surface area contributed by atoms with E-state index in [0.717, 1.165) is 6.07 Å². The summed E-state index contributed by atoms with van der Waals surface area (Å²) in [5.74, 6) is -5.99. The van der Waals surface area contributed by atoms with Crippen molar-refractivity contribution in [2.24, 2.45) is 0 Å². The van der Waals surface area contributed by atoms with Gasteiger partial charge in [0.25, 0.3) is 0 Å². The van der Waals surface area contributed by atoms with Crippen LogP contribution in [-0.4, -0.2) is 15.8 Å². The molecule has 0 nitrogen and oxygen atoms in total. The normalized spacial score (nSPS) is 11.9. The van der Waals surface area contributed by atoms with Gasteiger partial charge in [-0.2, -0.15) is 0 Å². The third-order valence-corrected chi connectivity index (χ3v) is 4.17. The second-order valence-corrected chi connectivity index (χ2v) is 7.31. The standard InChI is InChI=1S/C9H9AsF4/c1-4(2)10-5-3-6(11)8(13)9(14)7(5)12/h3-4,10H,1-2H3. The van der Waals surface area contributed by atoms with Crippen molar-refractivity contribution in [3.8, 4) is 0 Å². The third kappa shape index (κ3) is 2.30. The minimum absolute atomic E-state index is 0.00333. The molecule has 0 radical (unpaired) electrons. The summed E-state index contributed by atoms with van der Waals surface area (Å²) in [6.07, 6.45) is 0. The van der Waals surface area contributed by atoms with Crippen molar-refractivity contribution in [1.29, 1.82) is 0 Å². The van der Waals surface area contributed by atoms with E-state index in [1.807, 2.05) is 13.8 Å². The van der Waals surface area contributed by atoms with Crippen LogP contribution in [0.1, 0.15) is 13.8 Å². The molecule has 0 N–H and O–H groups in total. The second kappa shape index (κ2) is 4.35. The van der Waals surface area contributed by atoms with E-state index < -0.39 is 39.0 Å². The Morgan fingerprint density at radius 3 is 2.07 bits per heavy atom. The number of rotatable bonds is 2. The van der Waals surface area contributed by atoms with Gasteiger partial charge in [-0.25, -0.2) is 0 Å². The zero-order valence-corrected chi connectivity index (χ0v) is 9.76. The van der Waals surface area contributed by atoms with E-state index in [0.29, 0.717) is 0 Å². The van der Waals surface area contributed by atoms with Crippen LogP contribution in [0, 0.1) is 23.3 Å². The summed E-state index contributed by atoms with van der Waals surface area (Å²) in [7, 11) is 0. The Balaban J connectivity index is 3.19. The first-order valence-electron chi connectivity index (χ1n) is 4.03. The fourth-order valence-electron chi connectivity index (χ4n) is 0.989. The average molecular weight is 268 g/mol. The van der Waals surface area contributed by atoms with Gasteiger partial charge in [-0.15, -0.1) is 0 Å². The third-order valence-electron chi connectivity index (χ3n) is 1.55. The van der Waals surface area contributed by atoms with E-state index in [9.17, 15) is 17.6 Å². The van der Waals surface area contributed by atoms with Gasteiger partial charge in [-0.1, -0.05) is 0 Å². The molecule has 5 heteroatoms. The topological polar surface area (TPSA) is 0 Å². The molecular formula is C9H9AsF4. The van der Waals surface area contributed by atoms with Crippen LogP contribution in [0.25, 0.3) is 0 Å². The molecule has 0 amide bonds. The average Bonchev–Trinajstić information content (AvgIpc) is 2.10. The molecule has 78 valence electrons. The molecule has 0 fully saturated rings. The SMILES string of the molecule is CC(C)[AsH]c1cc(F)c(F)c(F)c1F. The van der Waals surface area contributed by atoms with Crippen molar-refractivity contribution < 1.29 is 17.6 Å². The molecule has 0 aliphatic carbocycles. The number of hydrogen-bond acceptors (Lipinski definition) is 0. The molecule has 1 aromatic rings. The first-order valence-corrected chi connectivity index (χ1v) is 6.29. The van der Waals surface area contributed by atoms with Crippen molar-refractivity contribution >= 4 is 20.1 Å². The molecule has 1 unspecified atom stereocenters. The summed E-state index contributed by atoms with van der Waals surface area (Å²) < 4.78 is 51.2. The van der Waals surface area contributed by atoms with E-state index in [1.165, 1.54) is 0 Å². The zero-order chi connectivity index (χ0) is 10.9. The van der Waals surface area contributed by atoms with Gasteiger partial charge < -0.3 is 0 Å². The molecule has 1 rings (SSSR count). The van der Waals surface area contributed by atoms with Crippen molar-refractivity contribution in [3.05, 3.63) is 29.3 Å². The second-order valence-electron chi connectivity index (χ2n) is 3.15. The van der Waals surface area contributed by atoms with E-state index in [1.54, 1.807) is 0 Å². The Labute approximate surface area is 86.0 Å². The molecular weight excluding hydrogens is 259 g/mol. The molecule has 1 atom stereocenters. The van der Waals surface area contributed by atoms with Crippen LogP contribution in [0.2, 0.25) is 4.71 Å². The first-order chi connectivity index (χ1) is 6.43. The molecule has 14 heavy (non-hydrogen) atoms. The van der Waals surface area contributed by atoms with Gasteiger partial charge in [0, 0.05) is 0 Å². The van der Waals surface area contributed by atoms with Crippen LogP contribution < -0.4 is 4.35 Å². The first kappa shape index (κ1) is 11.6. The molecule has 0 saturated heterocycles. The Hall–Kier alpha value is -0.502. The van der Waals surface area contributed by atoms with Gasteiger partial charge in [-0.3, -0.25) is 0 Å². The number of halogens is 4. The van der Waals surface area contributed by atoms with Crippen molar-refractivity contribution in [1.82, 2.24) is 0 Å².